The van der Waals surface area contributed by atoms with Crippen LogP contribution in [0.2, 0.25) is 0 Å². The van der Waals surface area contributed by atoms with E-state index >= 15 is 0 Å². The Hall–Kier alpha value is -2.73. The van der Waals surface area contributed by atoms with Crippen LogP contribution in [0.1, 0.15) is 21.6 Å². The highest BCUT2D eigenvalue weighted by molar-refractivity contribution is 9.10. The number of benzene rings is 2. The molecule has 0 unspecified atom stereocenters. The molecule has 0 fully saturated rings. The number of hydrogen-bond acceptors (Lipinski definition) is 4. The van der Waals surface area contributed by atoms with E-state index in [1.54, 1.807) is 6.20 Å². The van der Waals surface area contributed by atoms with E-state index in [4.69, 9.17) is 0 Å². The van der Waals surface area contributed by atoms with Crippen LogP contribution in [0.15, 0.2) is 65.4 Å². The van der Waals surface area contributed by atoms with Gasteiger partial charge in [-0.1, -0.05) is 45.8 Å². The minimum atomic E-state index is -0.292. The number of halogens is 1. The van der Waals surface area contributed by atoms with Crippen LogP contribution in [0.4, 0.5) is 11.5 Å². The fourth-order valence-corrected chi connectivity index (χ4v) is 2.43. The molecule has 0 aliphatic rings. The maximum Gasteiger partial charge on any atom is 0.275 e. The molecule has 0 saturated heterocycles. The molecule has 2 aromatic carbocycles. The number of anilines is 2. The molecule has 0 atom stereocenters. The monoisotopic (exact) mass is 396 g/mol. The molecule has 1 heterocycles. The Morgan fingerprint density at radius 3 is 2.36 bits per heavy atom. The summed E-state index contributed by atoms with van der Waals surface area (Å²) in [4.78, 5) is 20.6. The van der Waals surface area contributed by atoms with Gasteiger partial charge in [-0.2, -0.15) is 0 Å². The first kappa shape index (κ1) is 17.1. The second-order valence-electron chi connectivity index (χ2n) is 5.59. The predicted molar refractivity (Wildman–Crippen MR) is 103 cm³/mol. The van der Waals surface area contributed by atoms with Gasteiger partial charge in [-0.15, -0.1) is 0 Å². The van der Waals surface area contributed by atoms with Gasteiger partial charge in [0.2, 0.25) is 0 Å². The highest BCUT2D eigenvalue weighted by Gasteiger charge is 2.08. The van der Waals surface area contributed by atoms with Crippen molar-refractivity contribution in [3.63, 3.8) is 0 Å². The van der Waals surface area contributed by atoms with Crippen LogP contribution in [0.5, 0.6) is 0 Å². The average Bonchev–Trinajstić information content (AvgIpc) is 2.63. The number of nitrogens with zero attached hydrogens (tertiary/aromatic N) is 2. The Balaban J connectivity index is 1.58. The van der Waals surface area contributed by atoms with Crippen molar-refractivity contribution in [2.24, 2.45) is 0 Å². The van der Waals surface area contributed by atoms with E-state index in [0.717, 1.165) is 10.0 Å². The Morgan fingerprint density at radius 1 is 1.00 bits per heavy atom. The Bertz CT molecular complexity index is 846. The predicted octanol–water partition coefficient (Wildman–Crippen LogP) is 4.41. The first-order chi connectivity index (χ1) is 12.1. The van der Waals surface area contributed by atoms with Gasteiger partial charge >= 0.3 is 0 Å². The number of carbonyl (C=O) groups excluding carboxylic acids is 1. The van der Waals surface area contributed by atoms with E-state index in [2.05, 4.69) is 67.7 Å². The van der Waals surface area contributed by atoms with Gasteiger partial charge < -0.3 is 10.6 Å². The molecule has 0 bridgehead atoms. The molecule has 2 N–H and O–H groups in total. The molecule has 3 rings (SSSR count). The quantitative estimate of drug-likeness (QED) is 0.669. The lowest BCUT2D eigenvalue weighted by molar-refractivity contribution is 0.102. The molecule has 1 amide bonds. The molecule has 0 saturated carbocycles. The van der Waals surface area contributed by atoms with Crippen LogP contribution in [0.25, 0.3) is 0 Å². The zero-order valence-corrected chi connectivity index (χ0v) is 15.2. The van der Waals surface area contributed by atoms with Crippen LogP contribution < -0.4 is 10.6 Å². The summed E-state index contributed by atoms with van der Waals surface area (Å²) in [5.41, 5.74) is 3.36. The van der Waals surface area contributed by atoms with Crippen molar-refractivity contribution in [2.75, 3.05) is 10.6 Å². The molecular weight excluding hydrogens is 380 g/mol. The molecule has 3 aromatic rings. The summed E-state index contributed by atoms with van der Waals surface area (Å²) >= 11 is 3.36. The fraction of sp³-hybridized carbons (Fsp3) is 0.105. The second-order valence-corrected chi connectivity index (χ2v) is 6.50. The second kappa shape index (κ2) is 7.90. The summed E-state index contributed by atoms with van der Waals surface area (Å²) in [6.07, 6.45) is 3.02. The highest BCUT2D eigenvalue weighted by atomic mass is 79.9. The highest BCUT2D eigenvalue weighted by Crippen LogP contribution is 2.15. The lowest BCUT2D eigenvalue weighted by Crippen LogP contribution is -2.14. The normalized spacial score (nSPS) is 10.3. The number of nitrogens with one attached hydrogen (secondary N) is 2. The van der Waals surface area contributed by atoms with Gasteiger partial charge in [-0.05, 0) is 36.8 Å². The summed E-state index contributed by atoms with van der Waals surface area (Å²) in [5.74, 6) is 0.334. The third kappa shape index (κ3) is 4.87. The Kier molecular flexibility index (Phi) is 5.40. The zero-order valence-electron chi connectivity index (χ0n) is 13.7. The standard InChI is InChI=1S/C19H17BrN4O/c1-13-2-4-14(5-3-13)10-22-18-12-21-17(11-23-18)19(25)24-16-8-6-15(20)7-9-16/h2-9,11-12H,10H2,1H3,(H,22,23)(H,24,25). The summed E-state index contributed by atoms with van der Waals surface area (Å²) < 4.78 is 0.953. The van der Waals surface area contributed by atoms with Crippen LogP contribution in [-0.4, -0.2) is 15.9 Å². The molecule has 1 aromatic heterocycles. The molecular formula is C19H17BrN4O. The van der Waals surface area contributed by atoms with E-state index in [0.29, 0.717) is 18.1 Å². The molecule has 0 spiro atoms. The molecule has 5 nitrogen and oxygen atoms in total. The van der Waals surface area contributed by atoms with Gasteiger partial charge in [0.15, 0.2) is 0 Å². The van der Waals surface area contributed by atoms with E-state index in [9.17, 15) is 4.79 Å². The molecule has 0 radical (unpaired) electrons. The lowest BCUT2D eigenvalue weighted by Gasteiger charge is -2.07. The average molecular weight is 397 g/mol. The molecule has 0 aliphatic carbocycles. The topological polar surface area (TPSA) is 66.9 Å². The molecule has 0 aliphatic heterocycles. The Morgan fingerprint density at radius 2 is 1.72 bits per heavy atom. The van der Waals surface area contributed by atoms with Crippen LogP contribution in [-0.2, 0) is 6.54 Å². The number of carbonyl (C=O) groups is 1. The fourth-order valence-electron chi connectivity index (χ4n) is 2.16. The Labute approximate surface area is 154 Å². The van der Waals surface area contributed by atoms with Gasteiger partial charge in [0.1, 0.15) is 11.5 Å². The number of rotatable bonds is 5. The third-order valence-corrected chi connectivity index (χ3v) is 4.11. The summed E-state index contributed by atoms with van der Waals surface area (Å²) in [6, 6.07) is 15.6. The minimum Gasteiger partial charge on any atom is -0.365 e. The van der Waals surface area contributed by atoms with Crippen LogP contribution in [0, 0.1) is 6.92 Å². The van der Waals surface area contributed by atoms with Crippen molar-refractivity contribution < 1.29 is 4.79 Å². The first-order valence-corrected chi connectivity index (χ1v) is 8.58. The van der Waals surface area contributed by atoms with Gasteiger partial charge in [0.25, 0.3) is 5.91 Å². The number of amides is 1. The van der Waals surface area contributed by atoms with E-state index in [1.165, 1.54) is 11.8 Å². The van der Waals surface area contributed by atoms with Crippen molar-refractivity contribution in [3.8, 4) is 0 Å². The SMILES string of the molecule is Cc1ccc(CNc2cnc(C(=O)Nc3ccc(Br)cc3)cn2)cc1. The number of aromatic nitrogens is 2. The summed E-state index contributed by atoms with van der Waals surface area (Å²) in [5, 5.41) is 5.98. The zero-order chi connectivity index (χ0) is 17.6. The largest absolute Gasteiger partial charge is 0.365 e. The summed E-state index contributed by atoms with van der Waals surface area (Å²) in [7, 11) is 0. The molecule has 126 valence electrons. The van der Waals surface area contributed by atoms with Crippen molar-refractivity contribution in [1.29, 1.82) is 0 Å². The van der Waals surface area contributed by atoms with Crippen molar-refractivity contribution >= 4 is 33.3 Å². The van der Waals surface area contributed by atoms with E-state index < -0.39 is 0 Å². The van der Waals surface area contributed by atoms with Crippen LogP contribution >= 0.6 is 15.9 Å². The molecule has 25 heavy (non-hydrogen) atoms. The number of aryl methyl sites for hydroxylation is 1. The van der Waals surface area contributed by atoms with Gasteiger partial charge in [0.05, 0.1) is 12.4 Å². The van der Waals surface area contributed by atoms with E-state index in [1.807, 2.05) is 24.3 Å². The van der Waals surface area contributed by atoms with Gasteiger partial charge in [-0.3, -0.25) is 4.79 Å². The maximum absolute atomic E-state index is 12.2. The number of hydrogen-bond donors (Lipinski definition) is 2. The van der Waals surface area contributed by atoms with Crippen molar-refractivity contribution in [3.05, 3.63) is 82.2 Å². The minimum absolute atomic E-state index is 0.267. The van der Waals surface area contributed by atoms with E-state index in [-0.39, 0.29) is 11.6 Å². The van der Waals surface area contributed by atoms with Crippen molar-refractivity contribution in [1.82, 2.24) is 9.97 Å². The third-order valence-electron chi connectivity index (χ3n) is 3.58. The first-order valence-electron chi connectivity index (χ1n) is 7.78. The van der Waals surface area contributed by atoms with Gasteiger partial charge in [0, 0.05) is 16.7 Å². The summed E-state index contributed by atoms with van der Waals surface area (Å²) in [6.45, 7) is 2.71. The van der Waals surface area contributed by atoms with Crippen molar-refractivity contribution in [2.45, 2.75) is 13.5 Å². The maximum atomic E-state index is 12.2. The van der Waals surface area contributed by atoms with Gasteiger partial charge in [-0.25, -0.2) is 9.97 Å². The molecule has 6 heteroatoms. The lowest BCUT2D eigenvalue weighted by atomic mass is 10.1. The van der Waals surface area contributed by atoms with Crippen LogP contribution in [0.3, 0.4) is 0 Å². The smallest absolute Gasteiger partial charge is 0.275 e.